The fraction of sp³-hybridized carbons (Fsp3) is 0.222. The maximum absolute atomic E-state index is 11.4. The molecule has 1 amide bonds. The third-order valence-electron chi connectivity index (χ3n) is 1.69. The number of aliphatic hydroxyl groups is 1. The Labute approximate surface area is 86.7 Å². The molecule has 0 unspecified atom stereocenters. The topological polar surface area (TPSA) is 75.4 Å². The minimum atomic E-state index is -0.334. The molecule has 76 valence electrons. The van der Waals surface area contributed by atoms with Gasteiger partial charge in [-0.3, -0.25) is 4.79 Å². The molecule has 4 nitrogen and oxygen atoms in total. The first-order chi connectivity index (χ1) is 6.66. The monoisotopic (exact) mass is 214 g/mol. The van der Waals surface area contributed by atoms with Gasteiger partial charge >= 0.3 is 0 Å². The molecule has 4 N–H and O–H groups in total. The van der Waals surface area contributed by atoms with E-state index in [2.05, 4.69) is 5.32 Å². The Bertz CT molecular complexity index is 342. The van der Waals surface area contributed by atoms with Gasteiger partial charge in [-0.2, -0.15) is 0 Å². The molecule has 1 aromatic carbocycles. The van der Waals surface area contributed by atoms with E-state index in [1.54, 1.807) is 18.2 Å². The number of carbonyl (C=O) groups excluding carboxylic acids is 1. The fourth-order valence-corrected chi connectivity index (χ4v) is 1.17. The molecule has 0 fully saturated rings. The Morgan fingerprint density at radius 3 is 2.93 bits per heavy atom. The summed E-state index contributed by atoms with van der Waals surface area (Å²) in [5.74, 6) is -0.334. The summed E-state index contributed by atoms with van der Waals surface area (Å²) in [7, 11) is 0. The lowest BCUT2D eigenvalue weighted by molar-refractivity contribution is 0.0945. The SMILES string of the molecule is Nc1c(Cl)cccc1C(=O)NCCO. The van der Waals surface area contributed by atoms with Crippen LogP contribution in [0.15, 0.2) is 18.2 Å². The van der Waals surface area contributed by atoms with Crippen molar-refractivity contribution in [2.75, 3.05) is 18.9 Å². The van der Waals surface area contributed by atoms with Gasteiger partial charge in [-0.15, -0.1) is 0 Å². The normalized spacial score (nSPS) is 9.86. The second-order valence-electron chi connectivity index (χ2n) is 2.68. The molecule has 0 aliphatic carbocycles. The van der Waals surface area contributed by atoms with Crippen LogP contribution in [-0.4, -0.2) is 24.2 Å². The van der Waals surface area contributed by atoms with E-state index >= 15 is 0 Å². The number of amides is 1. The maximum Gasteiger partial charge on any atom is 0.253 e. The van der Waals surface area contributed by atoms with Crippen LogP contribution in [0, 0.1) is 0 Å². The number of nitrogens with one attached hydrogen (secondary N) is 1. The molecule has 0 aliphatic heterocycles. The highest BCUT2D eigenvalue weighted by atomic mass is 35.5. The number of rotatable bonds is 3. The van der Waals surface area contributed by atoms with E-state index in [0.29, 0.717) is 10.6 Å². The number of para-hydroxylation sites is 1. The largest absolute Gasteiger partial charge is 0.397 e. The molecule has 0 atom stereocenters. The Kier molecular flexibility index (Phi) is 3.73. The first-order valence-corrected chi connectivity index (χ1v) is 4.47. The van der Waals surface area contributed by atoms with Crippen LogP contribution in [0.3, 0.4) is 0 Å². The number of anilines is 1. The first kappa shape index (κ1) is 10.8. The van der Waals surface area contributed by atoms with Crippen molar-refractivity contribution < 1.29 is 9.90 Å². The predicted octanol–water partition coefficient (Wildman–Crippen LogP) is 0.644. The van der Waals surface area contributed by atoms with Crippen molar-refractivity contribution in [2.24, 2.45) is 0 Å². The third kappa shape index (κ3) is 2.37. The molecule has 0 spiro atoms. The van der Waals surface area contributed by atoms with Crippen LogP contribution < -0.4 is 11.1 Å². The van der Waals surface area contributed by atoms with E-state index in [9.17, 15) is 4.79 Å². The van der Waals surface area contributed by atoms with Gasteiger partial charge in [0, 0.05) is 6.54 Å². The van der Waals surface area contributed by atoms with Crippen molar-refractivity contribution in [3.8, 4) is 0 Å². The van der Waals surface area contributed by atoms with Crippen LogP contribution in [0.5, 0.6) is 0 Å². The van der Waals surface area contributed by atoms with Gasteiger partial charge in [0.15, 0.2) is 0 Å². The highest BCUT2D eigenvalue weighted by Gasteiger charge is 2.10. The number of benzene rings is 1. The zero-order chi connectivity index (χ0) is 10.6. The highest BCUT2D eigenvalue weighted by molar-refractivity contribution is 6.33. The van der Waals surface area contributed by atoms with Crippen LogP contribution in [0.25, 0.3) is 0 Å². The number of halogens is 1. The Morgan fingerprint density at radius 2 is 2.29 bits per heavy atom. The van der Waals surface area contributed by atoms with Crippen molar-refractivity contribution in [1.82, 2.24) is 5.32 Å². The molecule has 0 radical (unpaired) electrons. The summed E-state index contributed by atoms with van der Waals surface area (Å²) in [6.45, 7) is 0.0942. The molecule has 1 rings (SSSR count). The molecule has 5 heteroatoms. The summed E-state index contributed by atoms with van der Waals surface area (Å²) in [5.41, 5.74) is 6.18. The van der Waals surface area contributed by atoms with Gasteiger partial charge in [0.1, 0.15) is 0 Å². The number of carbonyl (C=O) groups is 1. The lowest BCUT2D eigenvalue weighted by Gasteiger charge is -2.06. The summed E-state index contributed by atoms with van der Waals surface area (Å²) < 4.78 is 0. The Balaban J connectivity index is 2.84. The van der Waals surface area contributed by atoms with Gasteiger partial charge in [0.25, 0.3) is 5.91 Å². The van der Waals surface area contributed by atoms with Crippen molar-refractivity contribution in [1.29, 1.82) is 0 Å². The second kappa shape index (κ2) is 4.83. The number of nitrogen functional groups attached to an aromatic ring is 1. The molecule has 0 heterocycles. The summed E-state index contributed by atoms with van der Waals surface area (Å²) in [6.07, 6.45) is 0. The third-order valence-corrected chi connectivity index (χ3v) is 2.02. The van der Waals surface area contributed by atoms with E-state index in [4.69, 9.17) is 22.4 Å². The van der Waals surface area contributed by atoms with Crippen LogP contribution in [0.1, 0.15) is 10.4 Å². The van der Waals surface area contributed by atoms with E-state index < -0.39 is 0 Å². The minimum absolute atomic E-state index is 0.105. The number of aliphatic hydroxyl groups excluding tert-OH is 1. The molecule has 0 saturated carbocycles. The van der Waals surface area contributed by atoms with E-state index in [1.807, 2.05) is 0 Å². The molecule has 0 aliphatic rings. The van der Waals surface area contributed by atoms with Crippen molar-refractivity contribution in [2.45, 2.75) is 0 Å². The van der Waals surface area contributed by atoms with E-state index in [1.165, 1.54) is 0 Å². The quantitative estimate of drug-likeness (QED) is 0.647. The van der Waals surface area contributed by atoms with Gasteiger partial charge in [0.2, 0.25) is 0 Å². The Morgan fingerprint density at radius 1 is 1.57 bits per heavy atom. The predicted molar refractivity (Wildman–Crippen MR) is 55.3 cm³/mol. The summed E-state index contributed by atoms with van der Waals surface area (Å²) in [4.78, 5) is 11.4. The Hall–Kier alpha value is -1.26. The zero-order valence-electron chi connectivity index (χ0n) is 7.46. The average molecular weight is 215 g/mol. The van der Waals surface area contributed by atoms with Gasteiger partial charge < -0.3 is 16.2 Å². The molecule has 0 bridgehead atoms. The lowest BCUT2D eigenvalue weighted by Crippen LogP contribution is -2.27. The average Bonchev–Trinajstić information content (AvgIpc) is 2.18. The number of hydrogen-bond donors (Lipinski definition) is 3. The van der Waals surface area contributed by atoms with Crippen molar-refractivity contribution >= 4 is 23.2 Å². The number of hydrogen-bond acceptors (Lipinski definition) is 3. The van der Waals surface area contributed by atoms with Crippen LogP contribution in [0.4, 0.5) is 5.69 Å². The molecule has 14 heavy (non-hydrogen) atoms. The minimum Gasteiger partial charge on any atom is -0.397 e. The van der Waals surface area contributed by atoms with Crippen LogP contribution >= 0.6 is 11.6 Å². The lowest BCUT2D eigenvalue weighted by atomic mass is 10.1. The first-order valence-electron chi connectivity index (χ1n) is 4.10. The molecular formula is C9H11ClN2O2. The molecule has 0 saturated heterocycles. The molecule has 1 aromatic rings. The smallest absolute Gasteiger partial charge is 0.253 e. The highest BCUT2D eigenvalue weighted by Crippen LogP contribution is 2.21. The number of nitrogens with two attached hydrogens (primary N) is 1. The fourth-order valence-electron chi connectivity index (χ4n) is 1.000. The van der Waals surface area contributed by atoms with Gasteiger partial charge in [-0.25, -0.2) is 0 Å². The van der Waals surface area contributed by atoms with Crippen LogP contribution in [-0.2, 0) is 0 Å². The summed E-state index contributed by atoms with van der Waals surface area (Å²) in [5, 5.41) is 11.4. The zero-order valence-corrected chi connectivity index (χ0v) is 8.21. The van der Waals surface area contributed by atoms with Gasteiger partial charge in [-0.1, -0.05) is 17.7 Å². The van der Waals surface area contributed by atoms with Crippen molar-refractivity contribution in [3.63, 3.8) is 0 Å². The molecule has 0 aromatic heterocycles. The van der Waals surface area contributed by atoms with E-state index in [-0.39, 0.29) is 24.7 Å². The van der Waals surface area contributed by atoms with Crippen molar-refractivity contribution in [3.05, 3.63) is 28.8 Å². The van der Waals surface area contributed by atoms with Gasteiger partial charge in [-0.05, 0) is 12.1 Å². The van der Waals surface area contributed by atoms with Crippen LogP contribution in [0.2, 0.25) is 5.02 Å². The standard InChI is InChI=1S/C9H11ClN2O2/c10-7-3-1-2-6(8(7)11)9(14)12-4-5-13/h1-3,13H,4-5,11H2,(H,12,14). The summed E-state index contributed by atoms with van der Waals surface area (Å²) in [6, 6.07) is 4.83. The second-order valence-corrected chi connectivity index (χ2v) is 3.09. The molecular weight excluding hydrogens is 204 g/mol. The maximum atomic E-state index is 11.4. The summed E-state index contributed by atoms with van der Waals surface area (Å²) >= 11 is 5.74. The van der Waals surface area contributed by atoms with Gasteiger partial charge in [0.05, 0.1) is 22.9 Å². The van der Waals surface area contributed by atoms with E-state index in [0.717, 1.165) is 0 Å².